The molecule has 25 heavy (non-hydrogen) atoms. The van der Waals surface area contributed by atoms with Gasteiger partial charge in [0.15, 0.2) is 6.61 Å². The number of carbonyl (C=O) groups is 1. The number of rotatable bonds is 3. The fraction of sp³-hybridized carbons (Fsp3) is 0.316. The predicted molar refractivity (Wildman–Crippen MR) is 97.9 cm³/mol. The van der Waals surface area contributed by atoms with Gasteiger partial charge in [-0.25, -0.2) is 0 Å². The van der Waals surface area contributed by atoms with E-state index in [-0.39, 0.29) is 18.6 Å². The Morgan fingerprint density at radius 3 is 2.76 bits per heavy atom. The Balaban J connectivity index is 1.45. The summed E-state index contributed by atoms with van der Waals surface area (Å²) in [6, 6.07) is 14.0. The van der Waals surface area contributed by atoms with E-state index in [2.05, 4.69) is 46.7 Å². The van der Waals surface area contributed by atoms with Crippen LogP contribution in [0.5, 0.6) is 5.75 Å². The number of fused-ring (bicyclic) bond motifs is 1. The maximum Gasteiger partial charge on any atom is 0.262 e. The molecule has 6 heteroatoms. The van der Waals surface area contributed by atoms with Gasteiger partial charge < -0.3 is 25.0 Å². The van der Waals surface area contributed by atoms with Crippen LogP contribution in [0.2, 0.25) is 0 Å². The molecule has 2 N–H and O–H groups in total. The zero-order valence-corrected chi connectivity index (χ0v) is 14.1. The summed E-state index contributed by atoms with van der Waals surface area (Å²) in [6.45, 7) is 4.77. The van der Waals surface area contributed by atoms with Crippen molar-refractivity contribution in [3.8, 4) is 5.75 Å². The molecule has 0 radical (unpaired) electrons. The van der Waals surface area contributed by atoms with E-state index in [0.29, 0.717) is 11.4 Å². The van der Waals surface area contributed by atoms with Crippen molar-refractivity contribution in [1.29, 1.82) is 0 Å². The first-order chi connectivity index (χ1) is 12.2. The second-order valence-corrected chi connectivity index (χ2v) is 6.35. The van der Waals surface area contributed by atoms with Gasteiger partial charge in [-0.05, 0) is 43.3 Å². The minimum absolute atomic E-state index is 0.0587. The molecule has 1 saturated heterocycles. The van der Waals surface area contributed by atoms with E-state index < -0.39 is 0 Å². The number of ether oxygens (including phenoxy) is 2. The number of benzene rings is 2. The van der Waals surface area contributed by atoms with E-state index in [9.17, 15) is 4.79 Å². The number of carbonyl (C=O) groups excluding carboxylic acids is 1. The zero-order chi connectivity index (χ0) is 17.2. The van der Waals surface area contributed by atoms with Gasteiger partial charge in [0, 0.05) is 36.2 Å². The van der Waals surface area contributed by atoms with Crippen molar-refractivity contribution in [3.63, 3.8) is 0 Å². The van der Waals surface area contributed by atoms with Crippen LogP contribution in [0.15, 0.2) is 42.5 Å². The lowest BCUT2D eigenvalue weighted by atomic mass is 10.2. The Morgan fingerprint density at radius 1 is 1.16 bits per heavy atom. The molecule has 2 aromatic rings. The third-order valence-electron chi connectivity index (χ3n) is 4.38. The first-order valence-electron chi connectivity index (χ1n) is 8.48. The summed E-state index contributed by atoms with van der Waals surface area (Å²) in [7, 11) is 0. The van der Waals surface area contributed by atoms with Gasteiger partial charge in [0.2, 0.25) is 0 Å². The van der Waals surface area contributed by atoms with E-state index in [1.165, 1.54) is 5.69 Å². The van der Waals surface area contributed by atoms with Gasteiger partial charge in [-0.2, -0.15) is 0 Å². The van der Waals surface area contributed by atoms with Gasteiger partial charge in [-0.3, -0.25) is 4.79 Å². The monoisotopic (exact) mass is 339 g/mol. The summed E-state index contributed by atoms with van der Waals surface area (Å²) < 4.78 is 11.0. The summed E-state index contributed by atoms with van der Waals surface area (Å²) in [5, 5.41) is 6.16. The van der Waals surface area contributed by atoms with Crippen LogP contribution in [0.25, 0.3) is 0 Å². The Labute approximate surface area is 146 Å². The number of hydrogen-bond donors (Lipinski definition) is 2. The van der Waals surface area contributed by atoms with Gasteiger partial charge >= 0.3 is 0 Å². The molecule has 1 fully saturated rings. The number of amides is 1. The highest BCUT2D eigenvalue weighted by molar-refractivity contribution is 5.95. The fourth-order valence-corrected chi connectivity index (χ4v) is 3.13. The van der Waals surface area contributed by atoms with Crippen LogP contribution >= 0.6 is 0 Å². The molecule has 0 aromatic heterocycles. The third kappa shape index (κ3) is 3.53. The van der Waals surface area contributed by atoms with Crippen molar-refractivity contribution in [3.05, 3.63) is 42.5 Å². The molecule has 1 amide bonds. The molecule has 1 unspecified atom stereocenters. The van der Waals surface area contributed by atoms with Crippen LogP contribution in [-0.4, -0.2) is 38.3 Å². The second kappa shape index (κ2) is 6.64. The lowest BCUT2D eigenvalue weighted by Crippen LogP contribution is -2.41. The molecule has 6 nitrogen and oxygen atoms in total. The quantitative estimate of drug-likeness (QED) is 0.900. The Kier molecular flexibility index (Phi) is 4.19. The highest BCUT2D eigenvalue weighted by atomic mass is 16.5. The van der Waals surface area contributed by atoms with Crippen molar-refractivity contribution >= 4 is 28.7 Å². The average molecular weight is 339 g/mol. The van der Waals surface area contributed by atoms with Crippen LogP contribution in [0.1, 0.15) is 6.92 Å². The molecule has 1 atom stereocenters. The number of morpholine rings is 1. The molecule has 4 rings (SSSR count). The van der Waals surface area contributed by atoms with Crippen LogP contribution in [0.4, 0.5) is 22.7 Å². The molecular weight excluding hydrogens is 318 g/mol. The molecule has 2 heterocycles. The summed E-state index contributed by atoms with van der Waals surface area (Å²) in [6.07, 6.45) is 0.266. The van der Waals surface area contributed by atoms with Gasteiger partial charge in [-0.1, -0.05) is 0 Å². The maximum absolute atomic E-state index is 11.3. The topological polar surface area (TPSA) is 62.8 Å². The molecule has 0 spiro atoms. The van der Waals surface area contributed by atoms with E-state index in [4.69, 9.17) is 9.47 Å². The molecule has 0 saturated carbocycles. The van der Waals surface area contributed by atoms with Crippen molar-refractivity contribution in [2.45, 2.75) is 13.0 Å². The standard InChI is InChI=1S/C19H21N3O3/c1-13-11-22(8-9-24-13)16-5-2-14(3-6-16)20-15-4-7-17-18(10-15)25-12-19(23)21-17/h2-7,10,13,20H,8-9,11-12H2,1H3,(H,21,23). The van der Waals surface area contributed by atoms with Crippen molar-refractivity contribution < 1.29 is 14.3 Å². The Bertz CT molecular complexity index is 776. The minimum Gasteiger partial charge on any atom is -0.482 e. The normalized spacial score (nSPS) is 19.6. The fourth-order valence-electron chi connectivity index (χ4n) is 3.13. The number of nitrogens with zero attached hydrogens (tertiary/aromatic N) is 1. The predicted octanol–water partition coefficient (Wildman–Crippen LogP) is 2.99. The summed E-state index contributed by atoms with van der Waals surface area (Å²) in [5.41, 5.74) is 3.84. The summed E-state index contributed by atoms with van der Waals surface area (Å²) >= 11 is 0. The van der Waals surface area contributed by atoms with Gasteiger partial charge in [-0.15, -0.1) is 0 Å². The van der Waals surface area contributed by atoms with Gasteiger partial charge in [0.1, 0.15) is 5.75 Å². The van der Waals surface area contributed by atoms with E-state index in [1.807, 2.05) is 18.2 Å². The molecule has 2 aliphatic rings. The van der Waals surface area contributed by atoms with Crippen LogP contribution < -0.4 is 20.3 Å². The smallest absolute Gasteiger partial charge is 0.262 e. The first kappa shape index (κ1) is 15.8. The molecule has 0 bridgehead atoms. The number of nitrogens with one attached hydrogen (secondary N) is 2. The van der Waals surface area contributed by atoms with Gasteiger partial charge in [0.05, 0.1) is 18.4 Å². The maximum atomic E-state index is 11.3. The van der Waals surface area contributed by atoms with Crippen molar-refractivity contribution in [2.75, 3.05) is 41.8 Å². The Hall–Kier alpha value is -2.73. The highest BCUT2D eigenvalue weighted by Gasteiger charge is 2.17. The van der Waals surface area contributed by atoms with Crippen LogP contribution in [0.3, 0.4) is 0 Å². The minimum atomic E-state index is -0.124. The Morgan fingerprint density at radius 2 is 1.96 bits per heavy atom. The van der Waals surface area contributed by atoms with Crippen molar-refractivity contribution in [1.82, 2.24) is 0 Å². The largest absolute Gasteiger partial charge is 0.482 e. The molecule has 2 aliphatic heterocycles. The highest BCUT2D eigenvalue weighted by Crippen LogP contribution is 2.32. The van der Waals surface area contributed by atoms with E-state index >= 15 is 0 Å². The molecule has 2 aromatic carbocycles. The molecular formula is C19H21N3O3. The molecule has 130 valence electrons. The summed E-state index contributed by atoms with van der Waals surface area (Å²) in [5.74, 6) is 0.560. The van der Waals surface area contributed by atoms with Crippen molar-refractivity contribution in [2.24, 2.45) is 0 Å². The van der Waals surface area contributed by atoms with Crippen LogP contribution in [-0.2, 0) is 9.53 Å². The zero-order valence-electron chi connectivity index (χ0n) is 14.1. The second-order valence-electron chi connectivity index (χ2n) is 6.35. The number of anilines is 4. The average Bonchev–Trinajstić information content (AvgIpc) is 2.62. The lowest BCUT2D eigenvalue weighted by Gasteiger charge is -2.33. The van der Waals surface area contributed by atoms with Crippen LogP contribution in [0, 0.1) is 0 Å². The first-order valence-corrected chi connectivity index (χ1v) is 8.48. The lowest BCUT2D eigenvalue weighted by molar-refractivity contribution is -0.118. The van der Waals surface area contributed by atoms with E-state index in [0.717, 1.165) is 31.1 Å². The summed E-state index contributed by atoms with van der Waals surface area (Å²) in [4.78, 5) is 13.7. The van der Waals surface area contributed by atoms with E-state index in [1.54, 1.807) is 0 Å². The SMILES string of the molecule is CC1CN(c2ccc(Nc3ccc4c(c3)OCC(=O)N4)cc2)CCO1. The third-order valence-corrected chi connectivity index (χ3v) is 4.38. The molecule has 0 aliphatic carbocycles. The van der Waals surface area contributed by atoms with Gasteiger partial charge in [0.25, 0.3) is 5.91 Å². The number of hydrogen-bond acceptors (Lipinski definition) is 5.